The number of phenols is 1. The SMILES string of the molecule is COc1cc(CCCC(=O)O)c(OC)cc1Br.O=C(O)c1ccc(O)cc1Cl.O=C(O)c1cccc2ccccc12. The first kappa shape index (κ1) is 32.9. The van der Waals surface area contributed by atoms with Crippen LogP contribution in [0.5, 0.6) is 17.2 Å². The van der Waals surface area contributed by atoms with Crippen molar-refractivity contribution in [2.24, 2.45) is 0 Å². The van der Waals surface area contributed by atoms with E-state index in [2.05, 4.69) is 15.9 Å². The lowest BCUT2D eigenvalue weighted by Crippen LogP contribution is -1.98. The Bertz CT molecular complexity index is 1520. The molecule has 0 bridgehead atoms. The molecule has 0 fully saturated rings. The molecule has 4 aromatic carbocycles. The van der Waals surface area contributed by atoms with Gasteiger partial charge in [-0.05, 0) is 81.5 Å². The molecule has 0 aliphatic rings. The zero-order valence-corrected chi connectivity index (χ0v) is 24.5. The van der Waals surface area contributed by atoms with Crippen LogP contribution in [0.1, 0.15) is 39.1 Å². The number of fused-ring (bicyclic) bond motifs is 1. The fourth-order valence-electron chi connectivity index (χ4n) is 3.64. The molecule has 0 saturated heterocycles. The van der Waals surface area contributed by atoms with Gasteiger partial charge in [0.15, 0.2) is 0 Å². The van der Waals surface area contributed by atoms with Gasteiger partial charge in [-0.3, -0.25) is 4.79 Å². The number of carboxylic acids is 3. The van der Waals surface area contributed by atoms with Crippen molar-refractivity contribution in [1.29, 1.82) is 0 Å². The predicted octanol–water partition coefficient (Wildman–Crippen LogP) is 7.16. The number of aliphatic carboxylic acids is 1. The first-order valence-electron chi connectivity index (χ1n) is 12.0. The number of benzene rings is 4. The van der Waals surface area contributed by atoms with E-state index in [0.29, 0.717) is 18.4 Å². The summed E-state index contributed by atoms with van der Waals surface area (Å²) in [5.74, 6) is -1.35. The molecule has 0 atom stereocenters. The van der Waals surface area contributed by atoms with Gasteiger partial charge in [-0.15, -0.1) is 0 Å². The lowest BCUT2D eigenvalue weighted by Gasteiger charge is -2.11. The van der Waals surface area contributed by atoms with E-state index in [1.807, 2.05) is 42.5 Å². The van der Waals surface area contributed by atoms with E-state index >= 15 is 0 Å². The summed E-state index contributed by atoms with van der Waals surface area (Å²) in [6, 6.07) is 20.1. The van der Waals surface area contributed by atoms with Crippen molar-refractivity contribution in [1.82, 2.24) is 0 Å². The van der Waals surface area contributed by atoms with Gasteiger partial charge in [0.05, 0.1) is 34.8 Å². The second kappa shape index (κ2) is 16.1. The number of hydrogen-bond acceptors (Lipinski definition) is 6. The number of carboxylic acid groups (broad SMARTS) is 3. The molecular weight excluding hydrogens is 620 g/mol. The normalized spacial score (nSPS) is 9.95. The van der Waals surface area contributed by atoms with Gasteiger partial charge in [0.2, 0.25) is 0 Å². The molecular formula is C30H28BrClO9. The molecule has 0 heterocycles. The number of phenolic OH excluding ortho intramolecular Hbond substituents is 1. The maximum absolute atomic E-state index is 10.8. The first-order valence-corrected chi connectivity index (χ1v) is 13.2. The monoisotopic (exact) mass is 646 g/mol. The van der Waals surface area contributed by atoms with Crippen molar-refractivity contribution in [3.8, 4) is 17.2 Å². The fraction of sp³-hybridized carbons (Fsp3) is 0.167. The van der Waals surface area contributed by atoms with Crippen LogP contribution in [0.4, 0.5) is 0 Å². The molecule has 4 aromatic rings. The minimum absolute atomic E-state index is 0.00975. The second-order valence-corrected chi connectivity index (χ2v) is 9.61. The van der Waals surface area contributed by atoms with Gasteiger partial charge in [-0.2, -0.15) is 0 Å². The summed E-state index contributed by atoms with van der Waals surface area (Å²) < 4.78 is 11.3. The van der Waals surface area contributed by atoms with Gasteiger partial charge in [0.25, 0.3) is 0 Å². The Kier molecular flexibility index (Phi) is 12.9. The molecule has 0 aliphatic carbocycles. The van der Waals surface area contributed by atoms with Crippen molar-refractivity contribution in [3.63, 3.8) is 0 Å². The van der Waals surface area contributed by atoms with Crippen LogP contribution in [0, 0.1) is 0 Å². The van der Waals surface area contributed by atoms with E-state index < -0.39 is 17.9 Å². The molecule has 0 amide bonds. The summed E-state index contributed by atoms with van der Waals surface area (Å²) in [6.07, 6.45) is 1.39. The molecule has 11 heteroatoms. The van der Waals surface area contributed by atoms with Gasteiger partial charge in [0.1, 0.15) is 17.2 Å². The first-order chi connectivity index (χ1) is 19.5. The lowest BCUT2D eigenvalue weighted by atomic mass is 10.1. The third-order valence-corrected chi connectivity index (χ3v) is 6.53. The van der Waals surface area contributed by atoms with E-state index in [1.54, 1.807) is 26.4 Å². The minimum atomic E-state index is -1.10. The number of halogens is 2. The zero-order valence-electron chi connectivity index (χ0n) is 22.1. The highest BCUT2D eigenvalue weighted by molar-refractivity contribution is 9.10. The summed E-state index contributed by atoms with van der Waals surface area (Å²) in [6.45, 7) is 0. The Morgan fingerprint density at radius 2 is 1.44 bits per heavy atom. The van der Waals surface area contributed by atoms with Crippen molar-refractivity contribution >= 4 is 56.2 Å². The highest BCUT2D eigenvalue weighted by Crippen LogP contribution is 2.33. The van der Waals surface area contributed by atoms with E-state index in [0.717, 1.165) is 32.3 Å². The lowest BCUT2D eigenvalue weighted by molar-refractivity contribution is -0.137. The van der Waals surface area contributed by atoms with Crippen LogP contribution in [-0.4, -0.2) is 52.6 Å². The number of hydrogen-bond donors (Lipinski definition) is 4. The van der Waals surface area contributed by atoms with Crippen molar-refractivity contribution in [2.45, 2.75) is 19.3 Å². The number of rotatable bonds is 8. The van der Waals surface area contributed by atoms with Gasteiger partial charge < -0.3 is 29.9 Å². The topological polar surface area (TPSA) is 151 Å². The highest BCUT2D eigenvalue weighted by atomic mass is 79.9. The quantitative estimate of drug-likeness (QED) is 0.156. The molecule has 216 valence electrons. The molecule has 0 saturated carbocycles. The Morgan fingerprint density at radius 1 is 0.805 bits per heavy atom. The third-order valence-electron chi connectivity index (χ3n) is 5.59. The third kappa shape index (κ3) is 10.0. The largest absolute Gasteiger partial charge is 0.508 e. The van der Waals surface area contributed by atoms with Gasteiger partial charge in [-0.25, -0.2) is 9.59 Å². The number of aryl methyl sites for hydroxylation is 1. The van der Waals surface area contributed by atoms with E-state index in [1.165, 1.54) is 18.2 Å². The molecule has 4 N–H and O–H groups in total. The van der Waals surface area contributed by atoms with Crippen molar-refractivity contribution in [3.05, 3.63) is 99.0 Å². The van der Waals surface area contributed by atoms with Crippen LogP contribution in [0.15, 0.2) is 77.3 Å². The van der Waals surface area contributed by atoms with Crippen LogP contribution in [-0.2, 0) is 11.2 Å². The maximum Gasteiger partial charge on any atom is 0.337 e. The molecule has 41 heavy (non-hydrogen) atoms. The molecule has 0 unspecified atom stereocenters. The number of aromatic carboxylic acids is 2. The molecule has 0 aromatic heterocycles. The Morgan fingerprint density at radius 3 is 2.02 bits per heavy atom. The summed E-state index contributed by atoms with van der Waals surface area (Å²) in [7, 11) is 3.18. The number of ether oxygens (including phenoxy) is 2. The smallest absolute Gasteiger partial charge is 0.337 e. The van der Waals surface area contributed by atoms with Crippen LogP contribution in [0.3, 0.4) is 0 Å². The van der Waals surface area contributed by atoms with E-state index in [4.69, 9.17) is 41.5 Å². The summed E-state index contributed by atoms with van der Waals surface area (Å²) in [5.41, 5.74) is 1.30. The zero-order chi connectivity index (χ0) is 30.5. The van der Waals surface area contributed by atoms with Gasteiger partial charge in [0, 0.05) is 6.42 Å². The molecule has 0 spiro atoms. The Hall–Kier alpha value is -4.28. The minimum Gasteiger partial charge on any atom is -0.508 e. The standard InChI is InChI=1S/C12H15BrO4.C11H8O2.C7H5ClO3/c1-16-10-7-9(13)11(17-2)6-8(10)4-3-5-12(14)15;12-11(13)10-7-3-5-8-4-1-2-6-9(8)10;8-6-3-4(9)1-2-5(6)7(10)11/h6-7H,3-5H2,1-2H3,(H,14,15);1-7H,(H,12,13);1-3,9H,(H,10,11). The summed E-state index contributed by atoms with van der Waals surface area (Å²) in [5, 5.41) is 36.6. The number of methoxy groups -OCH3 is 2. The molecule has 4 rings (SSSR count). The van der Waals surface area contributed by atoms with Gasteiger partial charge >= 0.3 is 17.9 Å². The van der Waals surface area contributed by atoms with Crippen LogP contribution in [0.2, 0.25) is 5.02 Å². The van der Waals surface area contributed by atoms with Crippen LogP contribution >= 0.6 is 27.5 Å². The second-order valence-electron chi connectivity index (χ2n) is 8.35. The van der Waals surface area contributed by atoms with Crippen LogP contribution in [0.25, 0.3) is 10.8 Å². The number of carbonyl (C=O) groups is 3. The average molecular weight is 648 g/mol. The molecule has 9 nitrogen and oxygen atoms in total. The Balaban J connectivity index is 0.000000220. The van der Waals surface area contributed by atoms with Gasteiger partial charge in [-0.1, -0.05) is 48.0 Å². The maximum atomic E-state index is 10.8. The van der Waals surface area contributed by atoms with Crippen molar-refractivity contribution < 1.29 is 44.3 Å². The summed E-state index contributed by atoms with van der Waals surface area (Å²) >= 11 is 8.86. The fourth-order valence-corrected chi connectivity index (χ4v) is 4.38. The summed E-state index contributed by atoms with van der Waals surface area (Å²) in [4.78, 5) is 31.6. The highest BCUT2D eigenvalue weighted by Gasteiger charge is 2.10. The van der Waals surface area contributed by atoms with Crippen LogP contribution < -0.4 is 9.47 Å². The van der Waals surface area contributed by atoms with E-state index in [9.17, 15) is 14.4 Å². The number of aromatic hydroxyl groups is 1. The van der Waals surface area contributed by atoms with E-state index in [-0.39, 0.29) is 22.8 Å². The average Bonchev–Trinajstić information content (AvgIpc) is 2.93. The molecule has 0 aliphatic heterocycles. The molecule has 0 radical (unpaired) electrons. The Labute approximate surface area is 249 Å². The van der Waals surface area contributed by atoms with Crippen molar-refractivity contribution in [2.75, 3.05) is 14.2 Å². The predicted molar refractivity (Wildman–Crippen MR) is 159 cm³/mol.